The molecular formula is C13H11BrO6. The van der Waals surface area contributed by atoms with Gasteiger partial charge in [-0.25, -0.2) is 9.59 Å². The van der Waals surface area contributed by atoms with Gasteiger partial charge in [-0.05, 0) is 24.3 Å². The Bertz CT molecular complexity index is 520. The average Bonchev–Trinajstić information content (AvgIpc) is 2.39. The van der Waals surface area contributed by atoms with Crippen molar-refractivity contribution >= 4 is 33.8 Å². The minimum atomic E-state index is -1.25. The summed E-state index contributed by atoms with van der Waals surface area (Å²) < 4.78 is 10.5. The summed E-state index contributed by atoms with van der Waals surface area (Å²) in [5.41, 5.74) is 0. The topological polar surface area (TPSA) is 89.9 Å². The molecule has 106 valence electrons. The molecule has 20 heavy (non-hydrogen) atoms. The Labute approximate surface area is 123 Å². The fourth-order valence-electron chi connectivity index (χ4n) is 1.11. The van der Waals surface area contributed by atoms with Crippen molar-refractivity contribution in [3.63, 3.8) is 0 Å². The molecule has 0 aliphatic carbocycles. The van der Waals surface area contributed by atoms with Gasteiger partial charge in [0.05, 0.1) is 6.42 Å². The Hall–Kier alpha value is -2.15. The summed E-state index contributed by atoms with van der Waals surface area (Å²) in [6.07, 6.45) is 1.30. The molecule has 0 bridgehead atoms. The van der Waals surface area contributed by atoms with E-state index in [9.17, 15) is 14.4 Å². The summed E-state index contributed by atoms with van der Waals surface area (Å²) in [6.45, 7) is -0.182. The third-order valence-electron chi connectivity index (χ3n) is 1.96. The van der Waals surface area contributed by atoms with E-state index in [0.717, 1.165) is 10.5 Å². The molecule has 1 aromatic rings. The van der Waals surface area contributed by atoms with Gasteiger partial charge in [-0.1, -0.05) is 15.9 Å². The number of ether oxygens (including phenoxy) is 2. The molecule has 0 aliphatic heterocycles. The van der Waals surface area contributed by atoms with Crippen LogP contribution >= 0.6 is 15.9 Å². The van der Waals surface area contributed by atoms with Crippen LogP contribution in [0.15, 0.2) is 40.9 Å². The molecule has 6 nitrogen and oxygen atoms in total. The predicted octanol–water partition coefficient (Wildman–Crippen LogP) is 1.93. The monoisotopic (exact) mass is 342 g/mol. The molecule has 0 spiro atoms. The minimum Gasteiger partial charge on any atom is -0.478 e. The largest absolute Gasteiger partial charge is 0.478 e. The Morgan fingerprint density at radius 1 is 1.15 bits per heavy atom. The summed E-state index contributed by atoms with van der Waals surface area (Å²) in [5.74, 6) is -2.25. The number of halogens is 1. The quantitative estimate of drug-likeness (QED) is 0.482. The number of hydrogen-bond donors (Lipinski definition) is 1. The first-order valence-corrected chi connectivity index (χ1v) is 6.30. The fourth-order valence-corrected chi connectivity index (χ4v) is 1.37. The van der Waals surface area contributed by atoms with Crippen LogP contribution in [0.2, 0.25) is 0 Å². The average molecular weight is 343 g/mol. The van der Waals surface area contributed by atoms with E-state index in [-0.39, 0.29) is 13.0 Å². The number of rotatable bonds is 6. The SMILES string of the molecule is O=C(O)/C=C/C(=O)OCCC(=O)Oc1ccc(Br)cc1. The Morgan fingerprint density at radius 2 is 1.80 bits per heavy atom. The zero-order valence-corrected chi connectivity index (χ0v) is 11.8. The lowest BCUT2D eigenvalue weighted by atomic mass is 10.3. The lowest BCUT2D eigenvalue weighted by molar-refractivity contribution is -0.142. The standard InChI is InChI=1S/C13H11BrO6/c14-9-1-3-10(4-2-9)20-13(18)7-8-19-12(17)6-5-11(15)16/h1-6H,7-8H2,(H,15,16)/b6-5+. The maximum absolute atomic E-state index is 11.4. The van der Waals surface area contributed by atoms with Gasteiger partial charge in [0.1, 0.15) is 12.4 Å². The molecule has 0 radical (unpaired) electrons. The molecule has 0 unspecified atom stereocenters. The number of carboxylic acids is 1. The van der Waals surface area contributed by atoms with Crippen molar-refractivity contribution < 1.29 is 29.0 Å². The molecule has 1 aromatic carbocycles. The minimum absolute atomic E-state index is 0.122. The molecule has 0 saturated carbocycles. The Kier molecular flexibility index (Phi) is 6.45. The van der Waals surface area contributed by atoms with Crippen molar-refractivity contribution in [2.45, 2.75) is 6.42 Å². The van der Waals surface area contributed by atoms with Gasteiger partial charge < -0.3 is 14.6 Å². The van der Waals surface area contributed by atoms with Crippen LogP contribution in [0.1, 0.15) is 6.42 Å². The van der Waals surface area contributed by atoms with Crippen LogP contribution in [-0.2, 0) is 19.1 Å². The second-order valence-electron chi connectivity index (χ2n) is 3.52. The first kappa shape index (κ1) is 15.9. The van der Waals surface area contributed by atoms with E-state index in [1.807, 2.05) is 0 Å². The first-order valence-electron chi connectivity index (χ1n) is 5.51. The van der Waals surface area contributed by atoms with Crippen LogP contribution in [0.25, 0.3) is 0 Å². The van der Waals surface area contributed by atoms with Crippen LogP contribution in [0.3, 0.4) is 0 Å². The number of benzene rings is 1. The second-order valence-corrected chi connectivity index (χ2v) is 4.43. The van der Waals surface area contributed by atoms with Crippen LogP contribution in [0, 0.1) is 0 Å². The molecule has 0 aromatic heterocycles. The smallest absolute Gasteiger partial charge is 0.331 e. The molecule has 0 heterocycles. The van der Waals surface area contributed by atoms with Crippen molar-refractivity contribution in [2.24, 2.45) is 0 Å². The van der Waals surface area contributed by atoms with Crippen molar-refractivity contribution in [3.05, 3.63) is 40.9 Å². The molecule has 1 N–H and O–H groups in total. The highest BCUT2D eigenvalue weighted by Crippen LogP contribution is 2.16. The maximum Gasteiger partial charge on any atom is 0.331 e. The molecular weight excluding hydrogens is 332 g/mol. The van der Waals surface area contributed by atoms with Gasteiger partial charge in [-0.15, -0.1) is 0 Å². The molecule has 0 atom stereocenters. The van der Waals surface area contributed by atoms with Crippen LogP contribution in [-0.4, -0.2) is 29.6 Å². The third-order valence-corrected chi connectivity index (χ3v) is 2.49. The highest BCUT2D eigenvalue weighted by atomic mass is 79.9. The fraction of sp³-hybridized carbons (Fsp3) is 0.154. The van der Waals surface area contributed by atoms with E-state index in [2.05, 4.69) is 20.7 Å². The van der Waals surface area contributed by atoms with E-state index >= 15 is 0 Å². The van der Waals surface area contributed by atoms with Gasteiger partial charge in [-0.3, -0.25) is 4.79 Å². The Morgan fingerprint density at radius 3 is 2.40 bits per heavy atom. The zero-order valence-electron chi connectivity index (χ0n) is 10.2. The molecule has 0 saturated heterocycles. The van der Waals surface area contributed by atoms with Crippen molar-refractivity contribution in [1.82, 2.24) is 0 Å². The van der Waals surface area contributed by atoms with Crippen LogP contribution < -0.4 is 4.74 Å². The van der Waals surface area contributed by atoms with Gasteiger partial charge in [0, 0.05) is 16.6 Å². The maximum atomic E-state index is 11.4. The Balaban J connectivity index is 2.28. The van der Waals surface area contributed by atoms with Gasteiger partial charge >= 0.3 is 17.9 Å². The number of hydrogen-bond acceptors (Lipinski definition) is 5. The van der Waals surface area contributed by atoms with E-state index < -0.39 is 17.9 Å². The van der Waals surface area contributed by atoms with E-state index in [1.54, 1.807) is 24.3 Å². The molecule has 7 heteroatoms. The van der Waals surface area contributed by atoms with Crippen molar-refractivity contribution in [3.8, 4) is 5.75 Å². The molecule has 0 aliphatic rings. The van der Waals surface area contributed by atoms with Gasteiger partial charge in [0.25, 0.3) is 0 Å². The van der Waals surface area contributed by atoms with Crippen LogP contribution in [0.4, 0.5) is 0 Å². The number of carbonyl (C=O) groups excluding carboxylic acids is 2. The normalized spacial score (nSPS) is 10.2. The molecule has 1 rings (SSSR count). The van der Waals surface area contributed by atoms with E-state index in [4.69, 9.17) is 9.84 Å². The summed E-state index contributed by atoms with van der Waals surface area (Å²) in [6, 6.07) is 6.67. The van der Waals surface area contributed by atoms with E-state index in [1.165, 1.54) is 0 Å². The van der Waals surface area contributed by atoms with Gasteiger partial charge in [0.2, 0.25) is 0 Å². The lowest BCUT2D eigenvalue weighted by Gasteiger charge is -2.04. The second kappa shape index (κ2) is 8.11. The highest BCUT2D eigenvalue weighted by molar-refractivity contribution is 9.10. The van der Waals surface area contributed by atoms with Gasteiger partial charge in [-0.2, -0.15) is 0 Å². The molecule has 0 fully saturated rings. The predicted molar refractivity (Wildman–Crippen MR) is 72.1 cm³/mol. The highest BCUT2D eigenvalue weighted by Gasteiger charge is 2.06. The summed E-state index contributed by atoms with van der Waals surface area (Å²) in [4.78, 5) is 32.5. The van der Waals surface area contributed by atoms with E-state index in [0.29, 0.717) is 11.8 Å². The van der Waals surface area contributed by atoms with Crippen LogP contribution in [0.5, 0.6) is 5.75 Å². The summed E-state index contributed by atoms with van der Waals surface area (Å²) >= 11 is 3.25. The number of carbonyl (C=O) groups is 3. The number of carboxylic acid groups (broad SMARTS) is 1. The number of aliphatic carboxylic acids is 1. The molecule has 0 amide bonds. The van der Waals surface area contributed by atoms with Crippen molar-refractivity contribution in [1.29, 1.82) is 0 Å². The van der Waals surface area contributed by atoms with Gasteiger partial charge in [0.15, 0.2) is 0 Å². The zero-order chi connectivity index (χ0) is 15.0. The summed E-state index contributed by atoms with van der Waals surface area (Å²) in [7, 11) is 0. The third kappa shape index (κ3) is 6.69. The number of esters is 2. The summed E-state index contributed by atoms with van der Waals surface area (Å²) in [5, 5.41) is 8.29. The van der Waals surface area contributed by atoms with Crippen molar-refractivity contribution in [2.75, 3.05) is 6.61 Å². The first-order chi connectivity index (χ1) is 9.47. The lowest BCUT2D eigenvalue weighted by Crippen LogP contribution is -2.13.